The number of benzene rings is 3. The van der Waals surface area contributed by atoms with E-state index < -0.39 is 5.97 Å². The normalized spacial score (nSPS) is 11.5. The molecule has 0 unspecified atom stereocenters. The van der Waals surface area contributed by atoms with Gasteiger partial charge in [-0.2, -0.15) is 0 Å². The number of thiazole rings is 1. The van der Waals surface area contributed by atoms with Crippen LogP contribution in [0, 0.1) is 6.92 Å². The van der Waals surface area contributed by atoms with Crippen LogP contribution in [0.4, 0.5) is 0 Å². The Bertz CT molecular complexity index is 2070. The predicted octanol–water partition coefficient (Wildman–Crippen LogP) is 5.76. The van der Waals surface area contributed by atoms with Crippen LogP contribution in [-0.4, -0.2) is 48.9 Å². The lowest BCUT2D eigenvalue weighted by Gasteiger charge is -2.14. The number of para-hydroxylation sites is 2. The Morgan fingerprint density at radius 1 is 1.09 bits per heavy atom. The van der Waals surface area contributed by atoms with Gasteiger partial charge in [0.1, 0.15) is 29.6 Å². The van der Waals surface area contributed by atoms with Crippen LogP contribution in [0.1, 0.15) is 45.5 Å². The molecule has 0 aliphatic rings. The minimum atomic E-state index is -0.532. The number of aromatic hydroxyl groups is 1. The number of aryl methyl sites for hydroxylation is 3. The first-order valence-corrected chi connectivity index (χ1v) is 15.3. The maximum Gasteiger partial charge on any atom is 0.341 e. The first kappa shape index (κ1) is 29.2. The van der Waals surface area contributed by atoms with E-state index >= 15 is 0 Å². The maximum atomic E-state index is 12.7. The van der Waals surface area contributed by atoms with Crippen molar-refractivity contribution in [3.05, 3.63) is 91.7 Å². The third-order valence-electron chi connectivity index (χ3n) is 7.73. The molecule has 3 aromatic heterocycles. The van der Waals surface area contributed by atoms with Gasteiger partial charge in [0.25, 0.3) is 0 Å². The highest BCUT2D eigenvalue weighted by molar-refractivity contribution is 7.09. The highest BCUT2D eigenvalue weighted by Gasteiger charge is 2.19. The average molecular weight is 612 g/mol. The molecule has 0 aliphatic carbocycles. The summed E-state index contributed by atoms with van der Waals surface area (Å²) in [6.45, 7) is 5.02. The van der Waals surface area contributed by atoms with Gasteiger partial charge in [-0.15, -0.1) is 0 Å². The van der Waals surface area contributed by atoms with Gasteiger partial charge < -0.3 is 23.7 Å². The molecule has 6 rings (SSSR count). The summed E-state index contributed by atoms with van der Waals surface area (Å²) in [5.74, 6) is 1.57. The van der Waals surface area contributed by atoms with Crippen LogP contribution in [0.15, 0.2) is 59.4 Å². The number of fused-ring (bicyclic) bond motifs is 2. The first-order valence-electron chi connectivity index (χ1n) is 14.4. The summed E-state index contributed by atoms with van der Waals surface area (Å²) >= 11 is 0.931. The van der Waals surface area contributed by atoms with Crippen molar-refractivity contribution in [2.45, 2.75) is 39.7 Å². The van der Waals surface area contributed by atoms with Crippen molar-refractivity contribution in [3.8, 4) is 23.0 Å². The number of H-pyrrole nitrogens is 1. The van der Waals surface area contributed by atoms with Crippen molar-refractivity contribution in [3.63, 3.8) is 0 Å². The topological polar surface area (TPSA) is 124 Å². The van der Waals surface area contributed by atoms with E-state index in [-0.39, 0.29) is 22.7 Å². The Balaban J connectivity index is 1.30. The summed E-state index contributed by atoms with van der Waals surface area (Å²) in [5.41, 5.74) is 7.07. The number of nitrogens with zero attached hydrogens (tertiary/aromatic N) is 4. The largest absolute Gasteiger partial charge is 0.494 e. The van der Waals surface area contributed by atoms with E-state index in [1.54, 1.807) is 12.1 Å². The molecule has 44 heavy (non-hydrogen) atoms. The van der Waals surface area contributed by atoms with Gasteiger partial charge in [-0.25, -0.2) is 14.8 Å². The number of carbonyl (C=O) groups excluding carboxylic acids is 1. The van der Waals surface area contributed by atoms with Crippen LogP contribution in [0.5, 0.6) is 11.6 Å². The van der Waals surface area contributed by atoms with Gasteiger partial charge in [0, 0.05) is 25.5 Å². The van der Waals surface area contributed by atoms with E-state index in [2.05, 4.69) is 46.2 Å². The molecule has 0 spiro atoms. The smallest absolute Gasteiger partial charge is 0.341 e. The summed E-state index contributed by atoms with van der Waals surface area (Å²) in [4.78, 5) is 36.7. The molecule has 11 heteroatoms. The van der Waals surface area contributed by atoms with E-state index in [0.717, 1.165) is 74.6 Å². The Morgan fingerprint density at radius 3 is 2.64 bits per heavy atom. The second kappa shape index (κ2) is 12.0. The number of esters is 1. The van der Waals surface area contributed by atoms with Gasteiger partial charge in [-0.3, -0.25) is 9.78 Å². The molecule has 3 aromatic carbocycles. The zero-order chi connectivity index (χ0) is 31.0. The van der Waals surface area contributed by atoms with Gasteiger partial charge in [0.05, 0.1) is 40.6 Å². The van der Waals surface area contributed by atoms with Gasteiger partial charge in [0.2, 0.25) is 5.88 Å². The summed E-state index contributed by atoms with van der Waals surface area (Å²) in [6, 6.07) is 17.6. The first-order chi connectivity index (χ1) is 21.3. The van der Waals surface area contributed by atoms with Crippen LogP contribution < -0.4 is 9.61 Å². The van der Waals surface area contributed by atoms with Gasteiger partial charge in [0.15, 0.2) is 0 Å². The summed E-state index contributed by atoms with van der Waals surface area (Å²) in [7, 11) is 3.35. The Morgan fingerprint density at radius 2 is 1.91 bits per heavy atom. The molecule has 0 saturated carbocycles. The number of aromatic nitrogens is 5. The van der Waals surface area contributed by atoms with E-state index in [9.17, 15) is 14.7 Å². The maximum absolute atomic E-state index is 12.7. The second-order valence-electron chi connectivity index (χ2n) is 10.7. The summed E-state index contributed by atoms with van der Waals surface area (Å²) in [5, 5.41) is 9.99. The molecule has 0 fully saturated rings. The van der Waals surface area contributed by atoms with Crippen molar-refractivity contribution in [2.75, 3.05) is 13.7 Å². The minimum absolute atomic E-state index is 0.162. The number of imidazole rings is 2. The number of nitrogens with one attached hydrogen (secondary N) is 1. The molecule has 10 nitrogen and oxygen atoms in total. The number of hydrogen-bond acceptors (Lipinski definition) is 8. The zero-order valence-corrected chi connectivity index (χ0v) is 25.8. The SMILES string of the molecule is CCCc1nc2c(C)cc(-c3nc4ccccc4n3C)cc2n1CCOc1ccc(Cc2sc(=O)[nH]c2O)cc1C(=O)OC. The number of methoxy groups -OCH3 is 1. The van der Waals surface area contributed by atoms with Crippen molar-refractivity contribution >= 4 is 39.4 Å². The minimum Gasteiger partial charge on any atom is -0.494 e. The van der Waals surface area contributed by atoms with Crippen LogP contribution in [0.25, 0.3) is 33.5 Å². The molecule has 226 valence electrons. The Labute approximate surface area is 257 Å². The van der Waals surface area contributed by atoms with Crippen LogP contribution in [0.3, 0.4) is 0 Å². The highest BCUT2D eigenvalue weighted by atomic mass is 32.1. The highest BCUT2D eigenvalue weighted by Crippen LogP contribution is 2.31. The van der Waals surface area contributed by atoms with Crippen molar-refractivity contribution in [2.24, 2.45) is 7.05 Å². The van der Waals surface area contributed by atoms with Gasteiger partial charge in [-0.1, -0.05) is 36.5 Å². The van der Waals surface area contributed by atoms with E-state index in [1.807, 2.05) is 31.3 Å². The third-order valence-corrected chi connectivity index (χ3v) is 8.60. The second-order valence-corrected chi connectivity index (χ2v) is 11.8. The molecule has 0 amide bonds. The molecule has 0 bridgehead atoms. The van der Waals surface area contributed by atoms with E-state index in [1.165, 1.54) is 7.11 Å². The lowest BCUT2D eigenvalue weighted by molar-refractivity contribution is 0.0595. The van der Waals surface area contributed by atoms with E-state index in [0.29, 0.717) is 23.8 Å². The number of ether oxygens (including phenoxy) is 2. The van der Waals surface area contributed by atoms with Crippen molar-refractivity contribution in [1.82, 2.24) is 24.1 Å². The molecule has 0 saturated heterocycles. The molecular formula is C33H33N5O5S. The van der Waals surface area contributed by atoms with Gasteiger partial charge in [-0.05, 0) is 60.9 Å². The van der Waals surface area contributed by atoms with Crippen LogP contribution >= 0.6 is 11.3 Å². The summed E-state index contributed by atoms with van der Waals surface area (Å²) < 4.78 is 15.5. The number of aromatic amines is 1. The van der Waals surface area contributed by atoms with E-state index in [4.69, 9.17) is 19.4 Å². The standard InChI is InChI=1S/C33H33N5O5S/c1-5-8-28-35-29-19(2)15-21(30-34-23-9-6-7-10-24(23)37(30)3)18-25(29)38(28)13-14-43-26-12-11-20(16-22(26)32(40)42-4)17-27-31(39)36-33(41)44-27/h6-7,9-12,15-16,18,39H,5,8,13-14,17H2,1-4H3,(H,36,41). The fraction of sp³-hybridized carbons (Fsp3) is 0.273. The molecule has 0 atom stereocenters. The lowest BCUT2D eigenvalue weighted by atomic mass is 10.1. The summed E-state index contributed by atoms with van der Waals surface area (Å²) in [6.07, 6.45) is 2.05. The number of hydrogen-bond donors (Lipinski definition) is 2. The predicted molar refractivity (Wildman–Crippen MR) is 171 cm³/mol. The van der Waals surface area contributed by atoms with Crippen molar-refractivity contribution < 1.29 is 19.4 Å². The van der Waals surface area contributed by atoms with Crippen LogP contribution in [-0.2, 0) is 31.2 Å². The monoisotopic (exact) mass is 611 g/mol. The lowest BCUT2D eigenvalue weighted by Crippen LogP contribution is -2.13. The molecular weight excluding hydrogens is 578 g/mol. The Kier molecular flexibility index (Phi) is 7.96. The fourth-order valence-corrected chi connectivity index (χ4v) is 6.38. The van der Waals surface area contributed by atoms with Gasteiger partial charge >= 0.3 is 10.8 Å². The molecule has 6 aromatic rings. The third kappa shape index (κ3) is 5.46. The quantitative estimate of drug-likeness (QED) is 0.189. The molecule has 2 N–H and O–H groups in total. The average Bonchev–Trinajstić information content (AvgIpc) is 3.65. The molecule has 0 radical (unpaired) electrons. The number of rotatable bonds is 10. The van der Waals surface area contributed by atoms with Crippen LogP contribution in [0.2, 0.25) is 0 Å². The fourth-order valence-electron chi connectivity index (χ4n) is 5.62. The Hall–Kier alpha value is -4.90. The molecule has 0 aliphatic heterocycles. The van der Waals surface area contributed by atoms with Crippen molar-refractivity contribution in [1.29, 1.82) is 0 Å². The zero-order valence-electron chi connectivity index (χ0n) is 25.0. The molecule has 3 heterocycles. The number of carbonyl (C=O) groups is 1.